The molecule has 2 aliphatic rings. The van der Waals surface area contributed by atoms with Crippen LogP contribution in [0.1, 0.15) is 42.2 Å². The van der Waals surface area contributed by atoms with Gasteiger partial charge in [-0.3, -0.25) is 9.59 Å². The standard InChI is InChI=1S/C24H25NO5/c1-28-17-6-4-5-14(9-17)16-10-19-24(20(26)11-16)18(13-23(27)25-19)15-7-8-21(29-2)22(12-15)30-3/h4-9,12,16,18H,10-11,13H2,1-3H3,(H,25,27)/t16-,18-/m0/s1. The molecular weight excluding hydrogens is 382 g/mol. The number of ether oxygens (including phenoxy) is 3. The van der Waals surface area contributed by atoms with Crippen molar-refractivity contribution < 1.29 is 23.8 Å². The van der Waals surface area contributed by atoms with Gasteiger partial charge < -0.3 is 19.5 Å². The van der Waals surface area contributed by atoms with Crippen LogP contribution in [-0.2, 0) is 9.59 Å². The summed E-state index contributed by atoms with van der Waals surface area (Å²) in [6.45, 7) is 0. The van der Waals surface area contributed by atoms with Crippen LogP contribution in [0, 0.1) is 0 Å². The molecule has 1 N–H and O–H groups in total. The number of Topliss-reactive ketones (excluding diaryl/α,β-unsaturated/α-hetero) is 1. The first-order chi connectivity index (χ1) is 14.5. The van der Waals surface area contributed by atoms with Gasteiger partial charge in [0, 0.05) is 30.0 Å². The summed E-state index contributed by atoms with van der Waals surface area (Å²) >= 11 is 0. The van der Waals surface area contributed by atoms with E-state index in [4.69, 9.17) is 14.2 Å². The molecule has 0 bridgehead atoms. The number of nitrogens with one attached hydrogen (secondary N) is 1. The highest BCUT2D eigenvalue weighted by atomic mass is 16.5. The monoisotopic (exact) mass is 407 g/mol. The molecule has 1 heterocycles. The Balaban J connectivity index is 1.70. The molecule has 0 saturated heterocycles. The highest BCUT2D eigenvalue weighted by Gasteiger charge is 2.38. The molecule has 1 aliphatic heterocycles. The van der Waals surface area contributed by atoms with E-state index in [1.54, 1.807) is 21.3 Å². The van der Waals surface area contributed by atoms with Gasteiger partial charge in [0.15, 0.2) is 17.3 Å². The second kappa shape index (κ2) is 8.22. The van der Waals surface area contributed by atoms with Gasteiger partial charge >= 0.3 is 0 Å². The van der Waals surface area contributed by atoms with E-state index in [2.05, 4.69) is 5.32 Å². The van der Waals surface area contributed by atoms with E-state index in [1.165, 1.54) is 0 Å². The molecule has 6 heteroatoms. The minimum atomic E-state index is -0.285. The van der Waals surface area contributed by atoms with E-state index >= 15 is 0 Å². The summed E-state index contributed by atoms with van der Waals surface area (Å²) in [5.74, 6) is 1.68. The molecule has 0 saturated carbocycles. The van der Waals surface area contributed by atoms with Crippen LogP contribution in [0.15, 0.2) is 53.7 Å². The lowest BCUT2D eigenvalue weighted by Gasteiger charge is -2.34. The first-order valence-corrected chi connectivity index (χ1v) is 9.96. The topological polar surface area (TPSA) is 73.9 Å². The number of carbonyl (C=O) groups excluding carboxylic acids is 2. The van der Waals surface area contributed by atoms with Crippen molar-refractivity contribution in [3.8, 4) is 17.2 Å². The number of methoxy groups -OCH3 is 3. The van der Waals surface area contributed by atoms with Gasteiger partial charge in [-0.05, 0) is 47.7 Å². The van der Waals surface area contributed by atoms with Crippen LogP contribution in [0.25, 0.3) is 0 Å². The zero-order valence-electron chi connectivity index (χ0n) is 17.4. The molecule has 0 spiro atoms. The minimum Gasteiger partial charge on any atom is -0.497 e. The number of allylic oxidation sites excluding steroid dienone is 2. The van der Waals surface area contributed by atoms with Gasteiger partial charge in [-0.15, -0.1) is 0 Å². The number of hydrogen-bond acceptors (Lipinski definition) is 5. The van der Waals surface area contributed by atoms with Crippen molar-refractivity contribution in [3.05, 3.63) is 64.9 Å². The predicted octanol–water partition coefficient (Wildman–Crippen LogP) is 3.72. The highest BCUT2D eigenvalue weighted by molar-refractivity contribution is 6.02. The molecule has 2 aromatic carbocycles. The van der Waals surface area contributed by atoms with Crippen LogP contribution in [0.5, 0.6) is 17.2 Å². The summed E-state index contributed by atoms with van der Waals surface area (Å²) in [5.41, 5.74) is 3.36. The first kappa shape index (κ1) is 20.0. The first-order valence-electron chi connectivity index (χ1n) is 9.96. The third kappa shape index (κ3) is 3.65. The quantitative estimate of drug-likeness (QED) is 0.818. The third-order valence-corrected chi connectivity index (χ3v) is 5.91. The maximum Gasteiger partial charge on any atom is 0.225 e. The second-order valence-corrected chi connectivity index (χ2v) is 7.62. The van der Waals surface area contributed by atoms with E-state index in [0.717, 1.165) is 22.6 Å². The van der Waals surface area contributed by atoms with Gasteiger partial charge in [-0.2, -0.15) is 0 Å². The second-order valence-electron chi connectivity index (χ2n) is 7.62. The number of carbonyl (C=O) groups is 2. The third-order valence-electron chi connectivity index (χ3n) is 5.91. The van der Waals surface area contributed by atoms with Crippen molar-refractivity contribution in [1.82, 2.24) is 5.32 Å². The van der Waals surface area contributed by atoms with E-state index in [1.807, 2.05) is 42.5 Å². The number of hydrogen-bond donors (Lipinski definition) is 1. The maximum atomic E-state index is 13.2. The SMILES string of the molecule is COc1cccc([C@@H]2CC(=O)C3=C(C2)NC(=O)C[C@H]3c2ccc(OC)c(OC)c2)c1. The Bertz CT molecular complexity index is 1030. The van der Waals surface area contributed by atoms with Crippen LogP contribution in [0.2, 0.25) is 0 Å². The van der Waals surface area contributed by atoms with Crippen molar-refractivity contribution in [2.24, 2.45) is 0 Å². The summed E-state index contributed by atoms with van der Waals surface area (Å²) in [6.07, 6.45) is 1.26. The zero-order valence-corrected chi connectivity index (χ0v) is 17.4. The lowest BCUT2D eigenvalue weighted by atomic mass is 9.73. The van der Waals surface area contributed by atoms with Gasteiger partial charge in [0.1, 0.15) is 5.75 Å². The van der Waals surface area contributed by atoms with Gasteiger partial charge in [-0.25, -0.2) is 0 Å². The van der Waals surface area contributed by atoms with Crippen LogP contribution in [-0.4, -0.2) is 33.0 Å². The Morgan fingerprint density at radius 2 is 1.63 bits per heavy atom. The Labute approximate surface area is 175 Å². The van der Waals surface area contributed by atoms with E-state index in [0.29, 0.717) is 29.9 Å². The molecule has 2 atom stereocenters. The number of rotatable bonds is 5. The van der Waals surface area contributed by atoms with E-state index < -0.39 is 0 Å². The summed E-state index contributed by atoms with van der Waals surface area (Å²) in [4.78, 5) is 25.7. The number of benzene rings is 2. The van der Waals surface area contributed by atoms with Crippen LogP contribution in [0.3, 0.4) is 0 Å². The molecule has 6 nitrogen and oxygen atoms in total. The molecule has 1 amide bonds. The van der Waals surface area contributed by atoms with Gasteiger partial charge in [0.2, 0.25) is 5.91 Å². The smallest absolute Gasteiger partial charge is 0.225 e. The largest absolute Gasteiger partial charge is 0.497 e. The average molecular weight is 407 g/mol. The van der Waals surface area contributed by atoms with E-state index in [9.17, 15) is 9.59 Å². The van der Waals surface area contributed by atoms with Crippen LogP contribution < -0.4 is 19.5 Å². The normalized spacial score (nSPS) is 21.0. The van der Waals surface area contributed by atoms with Crippen LogP contribution >= 0.6 is 0 Å². The molecule has 0 aromatic heterocycles. The van der Waals surface area contributed by atoms with Gasteiger partial charge in [-0.1, -0.05) is 18.2 Å². The molecular formula is C24H25NO5. The van der Waals surface area contributed by atoms with Crippen molar-refractivity contribution in [2.75, 3.05) is 21.3 Å². The molecule has 2 aromatic rings. The molecule has 0 unspecified atom stereocenters. The predicted molar refractivity (Wildman–Crippen MR) is 112 cm³/mol. The molecule has 0 fully saturated rings. The van der Waals surface area contributed by atoms with Gasteiger partial charge in [0.05, 0.1) is 21.3 Å². The summed E-state index contributed by atoms with van der Waals surface area (Å²) < 4.78 is 16.1. The summed E-state index contributed by atoms with van der Waals surface area (Å²) in [6, 6.07) is 13.3. The molecule has 0 radical (unpaired) electrons. The Morgan fingerprint density at radius 3 is 2.37 bits per heavy atom. The highest BCUT2D eigenvalue weighted by Crippen LogP contribution is 2.44. The van der Waals surface area contributed by atoms with Crippen molar-refractivity contribution in [3.63, 3.8) is 0 Å². The lowest BCUT2D eigenvalue weighted by molar-refractivity contribution is -0.122. The lowest BCUT2D eigenvalue weighted by Crippen LogP contribution is -2.38. The molecule has 1 aliphatic carbocycles. The van der Waals surface area contributed by atoms with Gasteiger partial charge in [0.25, 0.3) is 0 Å². The Kier molecular flexibility index (Phi) is 5.48. The summed E-state index contributed by atoms with van der Waals surface area (Å²) in [7, 11) is 4.78. The fraction of sp³-hybridized carbons (Fsp3) is 0.333. The Morgan fingerprint density at radius 1 is 0.833 bits per heavy atom. The van der Waals surface area contributed by atoms with Crippen molar-refractivity contribution >= 4 is 11.7 Å². The summed E-state index contributed by atoms with van der Waals surface area (Å²) in [5, 5.41) is 2.96. The molecule has 30 heavy (non-hydrogen) atoms. The van der Waals surface area contributed by atoms with E-state index in [-0.39, 0.29) is 29.9 Å². The Hall–Kier alpha value is -3.28. The molecule has 156 valence electrons. The zero-order chi connectivity index (χ0) is 21.3. The number of ketones is 1. The average Bonchev–Trinajstić information content (AvgIpc) is 2.77. The fourth-order valence-electron chi connectivity index (χ4n) is 4.45. The maximum absolute atomic E-state index is 13.2. The van der Waals surface area contributed by atoms with Crippen molar-refractivity contribution in [2.45, 2.75) is 31.1 Å². The van der Waals surface area contributed by atoms with Crippen LogP contribution in [0.4, 0.5) is 0 Å². The minimum absolute atomic E-state index is 0.0100. The number of amides is 1. The molecule has 4 rings (SSSR count). The fourth-order valence-corrected chi connectivity index (χ4v) is 4.45. The van der Waals surface area contributed by atoms with Crippen molar-refractivity contribution in [1.29, 1.82) is 0 Å².